The third kappa shape index (κ3) is 4.60. The van der Waals surface area contributed by atoms with Gasteiger partial charge in [-0.05, 0) is 62.6 Å². The van der Waals surface area contributed by atoms with E-state index in [0.717, 1.165) is 34.9 Å². The second-order valence-corrected chi connectivity index (χ2v) is 9.12. The van der Waals surface area contributed by atoms with Gasteiger partial charge >= 0.3 is 6.09 Å². The number of hydrogen-bond donors (Lipinski definition) is 1. The molecule has 2 aromatic heterocycles. The molecule has 0 atom stereocenters. The summed E-state index contributed by atoms with van der Waals surface area (Å²) in [5, 5.41) is 1.01. The fourth-order valence-corrected chi connectivity index (χ4v) is 3.99. The van der Waals surface area contributed by atoms with Crippen LogP contribution in [0.1, 0.15) is 43.6 Å². The molecule has 8 heteroatoms. The summed E-state index contributed by atoms with van der Waals surface area (Å²) in [7, 11) is 0. The van der Waals surface area contributed by atoms with Gasteiger partial charge in [-0.2, -0.15) is 0 Å². The molecule has 0 saturated carbocycles. The number of carbonyl (C=O) groups excluding carboxylic acids is 3. The van der Waals surface area contributed by atoms with Crippen LogP contribution in [0.3, 0.4) is 0 Å². The van der Waals surface area contributed by atoms with Gasteiger partial charge in [0, 0.05) is 47.7 Å². The van der Waals surface area contributed by atoms with Crippen LogP contribution >= 0.6 is 0 Å². The van der Waals surface area contributed by atoms with E-state index in [4.69, 9.17) is 4.74 Å². The van der Waals surface area contributed by atoms with Gasteiger partial charge in [0.1, 0.15) is 17.8 Å². The van der Waals surface area contributed by atoms with Crippen molar-refractivity contribution in [3.8, 4) is 11.1 Å². The van der Waals surface area contributed by atoms with Crippen LogP contribution in [0, 0.1) is 0 Å². The molecule has 0 spiro atoms. The molecule has 1 saturated heterocycles. The maximum absolute atomic E-state index is 12.9. The van der Waals surface area contributed by atoms with E-state index in [1.807, 2.05) is 18.3 Å². The van der Waals surface area contributed by atoms with Crippen molar-refractivity contribution in [1.82, 2.24) is 14.9 Å². The number of pyridine rings is 1. The average Bonchev–Trinajstić information content (AvgIpc) is 3.19. The van der Waals surface area contributed by atoms with Gasteiger partial charge in [0.25, 0.3) is 0 Å². The quantitative estimate of drug-likeness (QED) is 0.604. The fraction of sp³-hybridized carbons (Fsp3) is 0.360. The molecule has 172 valence electrons. The Hall–Kier alpha value is -3.68. The molecule has 4 rings (SSSR count). The van der Waals surface area contributed by atoms with E-state index in [-0.39, 0.29) is 12.5 Å². The lowest BCUT2D eigenvalue weighted by atomic mass is 9.99. The number of aryl methyl sites for hydroxylation is 1. The maximum Gasteiger partial charge on any atom is 0.410 e. The number of nitrogens with zero attached hydrogens (tertiary/aromatic N) is 3. The molecule has 3 heterocycles. The molecule has 1 aliphatic rings. The Morgan fingerprint density at radius 1 is 1.24 bits per heavy atom. The number of aldehydes is 1. The van der Waals surface area contributed by atoms with E-state index in [9.17, 15) is 14.4 Å². The van der Waals surface area contributed by atoms with Crippen molar-refractivity contribution in [2.75, 3.05) is 24.5 Å². The number of amides is 2. The highest BCUT2D eigenvalue weighted by atomic mass is 16.6. The smallest absolute Gasteiger partial charge is 0.410 e. The van der Waals surface area contributed by atoms with Crippen molar-refractivity contribution in [2.45, 2.75) is 39.7 Å². The van der Waals surface area contributed by atoms with Gasteiger partial charge in [0.05, 0.1) is 0 Å². The first-order chi connectivity index (χ1) is 15.7. The number of rotatable bonds is 4. The predicted molar refractivity (Wildman–Crippen MR) is 126 cm³/mol. The van der Waals surface area contributed by atoms with E-state index in [1.165, 1.54) is 4.90 Å². The summed E-state index contributed by atoms with van der Waals surface area (Å²) in [6.07, 6.45) is 4.85. The van der Waals surface area contributed by atoms with E-state index >= 15 is 0 Å². The Morgan fingerprint density at radius 2 is 2.03 bits per heavy atom. The molecule has 3 aromatic rings. The number of aromatic amines is 1. The summed E-state index contributed by atoms with van der Waals surface area (Å²) in [4.78, 5) is 47.7. The largest absolute Gasteiger partial charge is 0.444 e. The van der Waals surface area contributed by atoms with Crippen LogP contribution in [0.25, 0.3) is 22.2 Å². The zero-order chi connectivity index (χ0) is 23.8. The SMILES string of the molecule is CCc1c[nH]c2ncc(-c3cc(N4CCN(C(=O)OC(C)(C)C)CC4=O)ccc3C=O)cc12. The van der Waals surface area contributed by atoms with Crippen LogP contribution in [0.4, 0.5) is 10.5 Å². The maximum atomic E-state index is 12.9. The van der Waals surface area contributed by atoms with Crippen LogP contribution < -0.4 is 4.90 Å². The molecule has 0 unspecified atom stereocenters. The highest BCUT2D eigenvalue weighted by Crippen LogP contribution is 2.31. The topological polar surface area (TPSA) is 95.6 Å². The molecule has 0 radical (unpaired) electrons. The molecule has 1 fully saturated rings. The predicted octanol–water partition coefficient (Wildman–Crippen LogP) is 4.19. The van der Waals surface area contributed by atoms with Crippen molar-refractivity contribution >= 4 is 35.0 Å². The molecule has 33 heavy (non-hydrogen) atoms. The number of hydrogen-bond acceptors (Lipinski definition) is 5. The van der Waals surface area contributed by atoms with Gasteiger partial charge in [0.2, 0.25) is 5.91 Å². The van der Waals surface area contributed by atoms with Crippen LogP contribution in [-0.4, -0.2) is 58.4 Å². The minimum atomic E-state index is -0.622. The number of ether oxygens (including phenoxy) is 1. The first-order valence-electron chi connectivity index (χ1n) is 11.0. The van der Waals surface area contributed by atoms with Gasteiger partial charge in [-0.25, -0.2) is 9.78 Å². The minimum Gasteiger partial charge on any atom is -0.444 e. The standard InChI is InChI=1S/C25H28N4O4/c1-5-16-12-26-23-21(16)10-18(13-27-23)20-11-19(7-6-17(20)15-30)29-9-8-28(14-22(29)31)24(32)33-25(2,3)4/h6-7,10-13,15H,5,8-9,14H2,1-4H3,(H,26,27). The van der Waals surface area contributed by atoms with E-state index in [0.29, 0.717) is 29.9 Å². The monoisotopic (exact) mass is 448 g/mol. The van der Waals surface area contributed by atoms with Crippen molar-refractivity contribution in [1.29, 1.82) is 0 Å². The third-order valence-electron chi connectivity index (χ3n) is 5.66. The highest BCUT2D eigenvalue weighted by Gasteiger charge is 2.31. The molecule has 2 amide bonds. The number of piperazine rings is 1. The summed E-state index contributed by atoms with van der Waals surface area (Å²) >= 11 is 0. The first-order valence-corrected chi connectivity index (χ1v) is 11.0. The normalized spacial score (nSPS) is 14.6. The second kappa shape index (κ2) is 8.69. The molecule has 1 aliphatic heterocycles. The lowest BCUT2D eigenvalue weighted by molar-refractivity contribution is -0.121. The summed E-state index contributed by atoms with van der Waals surface area (Å²) in [5.41, 5.74) is 4.04. The summed E-state index contributed by atoms with van der Waals surface area (Å²) < 4.78 is 5.39. The lowest BCUT2D eigenvalue weighted by Gasteiger charge is -2.35. The first kappa shape index (κ1) is 22.5. The molecule has 0 bridgehead atoms. The van der Waals surface area contributed by atoms with E-state index in [1.54, 1.807) is 44.0 Å². The number of nitrogens with one attached hydrogen (secondary N) is 1. The Kier molecular flexibility index (Phi) is 5.93. The van der Waals surface area contributed by atoms with E-state index < -0.39 is 11.7 Å². The number of carbonyl (C=O) groups is 3. The molecule has 1 N–H and O–H groups in total. The lowest BCUT2D eigenvalue weighted by Crippen LogP contribution is -2.53. The zero-order valence-corrected chi connectivity index (χ0v) is 19.3. The number of H-pyrrole nitrogens is 1. The molecular weight excluding hydrogens is 420 g/mol. The molecule has 1 aromatic carbocycles. The van der Waals surface area contributed by atoms with Gasteiger partial charge in [0.15, 0.2) is 6.29 Å². The minimum absolute atomic E-state index is 0.0591. The van der Waals surface area contributed by atoms with Gasteiger partial charge < -0.3 is 14.6 Å². The second-order valence-electron chi connectivity index (χ2n) is 9.12. The number of fused-ring (bicyclic) bond motifs is 1. The zero-order valence-electron chi connectivity index (χ0n) is 19.3. The number of aromatic nitrogens is 2. The molecule has 8 nitrogen and oxygen atoms in total. The van der Waals surface area contributed by atoms with Crippen molar-refractivity contribution in [3.05, 3.63) is 47.8 Å². The Bertz CT molecular complexity index is 1220. The van der Waals surface area contributed by atoms with Gasteiger partial charge in [-0.3, -0.25) is 14.5 Å². The van der Waals surface area contributed by atoms with Crippen LogP contribution in [0.15, 0.2) is 36.7 Å². The van der Waals surface area contributed by atoms with Crippen LogP contribution in [-0.2, 0) is 16.0 Å². The molecule has 0 aliphatic carbocycles. The summed E-state index contributed by atoms with van der Waals surface area (Å²) in [6.45, 7) is 8.10. The van der Waals surface area contributed by atoms with Gasteiger partial charge in [-0.15, -0.1) is 0 Å². The van der Waals surface area contributed by atoms with E-state index in [2.05, 4.69) is 16.9 Å². The average molecular weight is 449 g/mol. The van der Waals surface area contributed by atoms with Gasteiger partial charge in [-0.1, -0.05) is 6.92 Å². The number of anilines is 1. The Morgan fingerprint density at radius 3 is 2.70 bits per heavy atom. The summed E-state index contributed by atoms with van der Waals surface area (Å²) in [6, 6.07) is 7.33. The number of benzene rings is 1. The van der Waals surface area contributed by atoms with Crippen molar-refractivity contribution in [3.63, 3.8) is 0 Å². The van der Waals surface area contributed by atoms with Crippen LogP contribution in [0.5, 0.6) is 0 Å². The third-order valence-corrected chi connectivity index (χ3v) is 5.66. The molecular formula is C25H28N4O4. The fourth-order valence-electron chi connectivity index (χ4n) is 3.99. The Labute approximate surface area is 192 Å². The summed E-state index contributed by atoms with van der Waals surface area (Å²) in [5.74, 6) is -0.204. The Balaban J connectivity index is 1.62. The van der Waals surface area contributed by atoms with Crippen molar-refractivity contribution < 1.29 is 19.1 Å². The van der Waals surface area contributed by atoms with Crippen molar-refractivity contribution in [2.24, 2.45) is 0 Å². The highest BCUT2D eigenvalue weighted by molar-refractivity contribution is 5.99. The van der Waals surface area contributed by atoms with Crippen LogP contribution in [0.2, 0.25) is 0 Å².